The van der Waals surface area contributed by atoms with E-state index < -0.39 is 34.5 Å². The minimum atomic E-state index is -3.63. The molecular formula is C17H27N3O4S. The van der Waals surface area contributed by atoms with E-state index in [-0.39, 0.29) is 0 Å². The van der Waals surface area contributed by atoms with Gasteiger partial charge in [0.2, 0.25) is 0 Å². The Hall–Kier alpha value is -1.03. The van der Waals surface area contributed by atoms with Crippen LogP contribution in [0, 0.1) is 0 Å². The number of nitrogens with zero attached hydrogens (tertiary/aromatic N) is 2. The van der Waals surface area contributed by atoms with E-state index in [9.17, 15) is 18.6 Å². The van der Waals surface area contributed by atoms with Gasteiger partial charge in [0, 0.05) is 27.2 Å². The zero-order valence-electron chi connectivity index (χ0n) is 14.7. The van der Waals surface area contributed by atoms with Gasteiger partial charge in [-0.05, 0) is 30.4 Å². The smallest absolute Gasteiger partial charge is 0.279 e. The summed E-state index contributed by atoms with van der Waals surface area (Å²) < 4.78 is 27.9. The van der Waals surface area contributed by atoms with Crippen LogP contribution in [-0.2, 0) is 23.2 Å². The largest absolute Gasteiger partial charge is 0.391 e. The molecule has 0 unspecified atom stereocenters. The molecule has 0 spiro atoms. The van der Waals surface area contributed by atoms with Gasteiger partial charge in [0.15, 0.2) is 0 Å². The molecule has 4 atom stereocenters. The molecule has 0 bridgehead atoms. The Morgan fingerprint density at radius 1 is 1.16 bits per heavy atom. The van der Waals surface area contributed by atoms with Crippen molar-refractivity contribution >= 4 is 10.2 Å². The standard InChI is InChI=1S/C17H27N3O4S/c1-19(2)25(23,24)18-14-7-8-15(21)16(17(14)22)20-10-9-12-5-3-4-6-13(12)11-20/h3-6,14-18,21-22H,7-11H2,1-2H3/t14-,15+,16-,17-/m1/s1. The molecule has 140 valence electrons. The zero-order chi connectivity index (χ0) is 18.2. The third-order valence-electron chi connectivity index (χ3n) is 5.29. The second-order valence-electron chi connectivity index (χ2n) is 7.13. The van der Waals surface area contributed by atoms with Crippen LogP contribution in [0.4, 0.5) is 0 Å². The van der Waals surface area contributed by atoms with Crippen LogP contribution in [0.25, 0.3) is 0 Å². The van der Waals surface area contributed by atoms with Gasteiger partial charge in [0.05, 0.1) is 24.3 Å². The molecule has 3 rings (SSSR count). The first kappa shape index (κ1) is 18.8. The molecule has 8 heteroatoms. The summed E-state index contributed by atoms with van der Waals surface area (Å²) in [5, 5.41) is 21.3. The molecule has 2 aliphatic rings. The fraction of sp³-hybridized carbons (Fsp3) is 0.647. The molecule has 1 aromatic rings. The van der Waals surface area contributed by atoms with Crippen molar-refractivity contribution in [2.45, 2.75) is 50.1 Å². The van der Waals surface area contributed by atoms with Gasteiger partial charge in [-0.3, -0.25) is 4.90 Å². The summed E-state index contributed by atoms with van der Waals surface area (Å²) in [5.74, 6) is 0. The molecule has 0 saturated heterocycles. The molecule has 1 aromatic carbocycles. The fourth-order valence-corrected chi connectivity index (χ4v) is 4.66. The summed E-state index contributed by atoms with van der Waals surface area (Å²) in [6, 6.07) is 7.11. The predicted molar refractivity (Wildman–Crippen MR) is 95.1 cm³/mol. The van der Waals surface area contributed by atoms with Crippen LogP contribution in [0.2, 0.25) is 0 Å². The first-order valence-corrected chi connectivity index (χ1v) is 10.1. The number of aliphatic hydroxyl groups is 2. The number of nitrogens with one attached hydrogen (secondary N) is 1. The molecule has 1 aliphatic heterocycles. The van der Waals surface area contributed by atoms with Crippen molar-refractivity contribution < 1.29 is 18.6 Å². The molecule has 25 heavy (non-hydrogen) atoms. The highest BCUT2D eigenvalue weighted by Crippen LogP contribution is 2.29. The van der Waals surface area contributed by atoms with Gasteiger partial charge in [0.1, 0.15) is 0 Å². The lowest BCUT2D eigenvalue weighted by Gasteiger charge is -2.45. The summed E-state index contributed by atoms with van der Waals surface area (Å²) >= 11 is 0. The minimum Gasteiger partial charge on any atom is -0.391 e. The molecule has 0 aromatic heterocycles. The Kier molecular flexibility index (Phi) is 5.48. The Bertz CT molecular complexity index is 710. The second-order valence-corrected chi connectivity index (χ2v) is 9.04. The van der Waals surface area contributed by atoms with Crippen molar-refractivity contribution in [1.82, 2.24) is 13.9 Å². The summed E-state index contributed by atoms with van der Waals surface area (Å²) in [6.45, 7) is 1.39. The number of hydrogen-bond donors (Lipinski definition) is 3. The lowest BCUT2D eigenvalue weighted by Crippen LogP contribution is -2.63. The Balaban J connectivity index is 1.76. The highest BCUT2D eigenvalue weighted by molar-refractivity contribution is 7.87. The quantitative estimate of drug-likeness (QED) is 0.677. The molecule has 3 N–H and O–H groups in total. The lowest BCUT2D eigenvalue weighted by atomic mass is 9.84. The van der Waals surface area contributed by atoms with E-state index in [2.05, 4.69) is 21.8 Å². The average Bonchev–Trinajstić information content (AvgIpc) is 2.57. The maximum Gasteiger partial charge on any atom is 0.279 e. The second kappa shape index (κ2) is 7.30. The van der Waals surface area contributed by atoms with Crippen LogP contribution >= 0.6 is 0 Å². The number of aliphatic hydroxyl groups excluding tert-OH is 2. The molecule has 1 aliphatic carbocycles. The maximum absolute atomic E-state index is 12.1. The van der Waals surface area contributed by atoms with Crippen molar-refractivity contribution in [3.63, 3.8) is 0 Å². The van der Waals surface area contributed by atoms with Crippen molar-refractivity contribution in [2.24, 2.45) is 0 Å². The summed E-state index contributed by atoms with van der Waals surface area (Å²) in [4.78, 5) is 2.08. The summed E-state index contributed by atoms with van der Waals surface area (Å²) in [5.41, 5.74) is 2.49. The maximum atomic E-state index is 12.1. The zero-order valence-corrected chi connectivity index (χ0v) is 15.5. The normalized spacial score (nSPS) is 31.1. The summed E-state index contributed by atoms with van der Waals surface area (Å²) in [7, 11) is -0.728. The van der Waals surface area contributed by atoms with Crippen molar-refractivity contribution in [3.05, 3.63) is 35.4 Å². The van der Waals surface area contributed by atoms with E-state index in [4.69, 9.17) is 0 Å². The van der Waals surface area contributed by atoms with Crippen LogP contribution in [0.1, 0.15) is 24.0 Å². The van der Waals surface area contributed by atoms with E-state index in [0.29, 0.717) is 19.4 Å². The molecule has 7 nitrogen and oxygen atoms in total. The van der Waals surface area contributed by atoms with Gasteiger partial charge in [0.25, 0.3) is 10.2 Å². The highest BCUT2D eigenvalue weighted by atomic mass is 32.2. The number of fused-ring (bicyclic) bond motifs is 1. The lowest BCUT2D eigenvalue weighted by molar-refractivity contribution is -0.0722. The van der Waals surface area contributed by atoms with E-state index in [1.807, 2.05) is 12.1 Å². The minimum absolute atomic E-state index is 0.413. The van der Waals surface area contributed by atoms with E-state index >= 15 is 0 Å². The molecule has 0 amide bonds. The van der Waals surface area contributed by atoms with Gasteiger partial charge >= 0.3 is 0 Å². The average molecular weight is 369 g/mol. The molecule has 0 radical (unpaired) electrons. The van der Waals surface area contributed by atoms with Gasteiger partial charge in [-0.1, -0.05) is 24.3 Å². The summed E-state index contributed by atoms with van der Waals surface area (Å²) in [6.07, 6.45) is 0.112. The monoisotopic (exact) mass is 369 g/mol. The first-order valence-electron chi connectivity index (χ1n) is 8.66. The predicted octanol–water partition coefficient (Wildman–Crippen LogP) is -0.306. The van der Waals surface area contributed by atoms with Gasteiger partial charge in [-0.25, -0.2) is 0 Å². The van der Waals surface area contributed by atoms with E-state index in [1.165, 1.54) is 25.2 Å². The van der Waals surface area contributed by atoms with Gasteiger partial charge < -0.3 is 10.2 Å². The SMILES string of the molecule is CN(C)S(=O)(=O)N[C@@H]1CC[C@H](O)[C@@H](N2CCc3ccccc3C2)[C@@H]1O. The third kappa shape index (κ3) is 3.89. The third-order valence-corrected chi connectivity index (χ3v) is 6.85. The number of hydrogen-bond acceptors (Lipinski definition) is 5. The van der Waals surface area contributed by atoms with Crippen LogP contribution in [0.3, 0.4) is 0 Å². The van der Waals surface area contributed by atoms with Crippen molar-refractivity contribution in [3.8, 4) is 0 Å². The first-order chi connectivity index (χ1) is 11.8. The number of rotatable bonds is 4. The number of benzene rings is 1. The van der Waals surface area contributed by atoms with Crippen molar-refractivity contribution in [2.75, 3.05) is 20.6 Å². The van der Waals surface area contributed by atoms with Crippen LogP contribution in [0.5, 0.6) is 0 Å². The van der Waals surface area contributed by atoms with E-state index in [0.717, 1.165) is 17.3 Å². The fourth-order valence-electron chi connectivity index (χ4n) is 3.81. The van der Waals surface area contributed by atoms with Crippen LogP contribution < -0.4 is 4.72 Å². The Labute approximate surface area is 149 Å². The Morgan fingerprint density at radius 3 is 2.52 bits per heavy atom. The van der Waals surface area contributed by atoms with Crippen molar-refractivity contribution in [1.29, 1.82) is 0 Å². The molecule has 1 saturated carbocycles. The Morgan fingerprint density at radius 2 is 1.84 bits per heavy atom. The molecule has 1 heterocycles. The van der Waals surface area contributed by atoms with E-state index in [1.54, 1.807) is 0 Å². The van der Waals surface area contributed by atoms with Crippen LogP contribution in [0.15, 0.2) is 24.3 Å². The topological polar surface area (TPSA) is 93.1 Å². The highest BCUT2D eigenvalue weighted by Gasteiger charge is 2.43. The molecular weight excluding hydrogens is 342 g/mol. The van der Waals surface area contributed by atoms with Gasteiger partial charge in [-0.2, -0.15) is 17.4 Å². The van der Waals surface area contributed by atoms with Gasteiger partial charge in [-0.15, -0.1) is 0 Å². The van der Waals surface area contributed by atoms with Crippen LogP contribution in [-0.4, -0.2) is 72.8 Å². The molecule has 1 fully saturated rings.